The van der Waals surface area contributed by atoms with Crippen molar-refractivity contribution in [2.75, 3.05) is 6.54 Å². The molecule has 0 aliphatic carbocycles. The van der Waals surface area contributed by atoms with E-state index in [-0.39, 0.29) is 5.83 Å². The molecule has 1 heterocycles. The van der Waals surface area contributed by atoms with Crippen molar-refractivity contribution < 1.29 is 4.39 Å². The van der Waals surface area contributed by atoms with Crippen molar-refractivity contribution in [3.8, 4) is 0 Å². The van der Waals surface area contributed by atoms with Gasteiger partial charge in [0.15, 0.2) is 0 Å². The van der Waals surface area contributed by atoms with Crippen molar-refractivity contribution in [1.82, 2.24) is 4.90 Å². The molecule has 54 valence electrons. The quantitative estimate of drug-likeness (QED) is 0.538. The first-order valence-corrected chi connectivity index (χ1v) is 3.25. The van der Waals surface area contributed by atoms with Gasteiger partial charge in [0.2, 0.25) is 0 Å². The van der Waals surface area contributed by atoms with Gasteiger partial charge in [-0.1, -0.05) is 6.58 Å². The summed E-state index contributed by atoms with van der Waals surface area (Å²) in [5, 5.41) is 0. The summed E-state index contributed by atoms with van der Waals surface area (Å²) in [6.45, 7) is 6.50. The minimum Gasteiger partial charge on any atom is -0.349 e. The van der Waals surface area contributed by atoms with E-state index in [9.17, 15) is 4.39 Å². The van der Waals surface area contributed by atoms with Crippen LogP contribution in [0.2, 0.25) is 0 Å². The van der Waals surface area contributed by atoms with Crippen molar-refractivity contribution in [3.63, 3.8) is 0 Å². The minimum absolute atomic E-state index is 0.227. The number of hydrogen-bond acceptors (Lipinski definition) is 1. The third-order valence-electron chi connectivity index (χ3n) is 1.43. The van der Waals surface area contributed by atoms with E-state index in [1.54, 1.807) is 6.20 Å². The predicted octanol–water partition coefficient (Wildman–Crippen LogP) is 2.20. The molecule has 0 atom stereocenters. The average Bonchev–Trinajstić information content (AvgIpc) is 1.88. The fourth-order valence-corrected chi connectivity index (χ4v) is 0.856. The number of nitrogens with zero attached hydrogens (tertiary/aromatic N) is 1. The first-order valence-electron chi connectivity index (χ1n) is 3.25. The normalized spacial score (nSPS) is 17.6. The maximum atomic E-state index is 12.4. The zero-order valence-corrected chi connectivity index (χ0v) is 5.97. The predicted molar refractivity (Wildman–Crippen MR) is 39.9 cm³/mol. The molecule has 0 aromatic heterocycles. The molecule has 0 N–H and O–H groups in total. The fourth-order valence-electron chi connectivity index (χ4n) is 0.856. The van der Waals surface area contributed by atoms with Crippen LogP contribution < -0.4 is 0 Å². The summed E-state index contributed by atoms with van der Waals surface area (Å²) >= 11 is 0. The molecule has 0 saturated carbocycles. The number of likely N-dealkylation sites (N-methyl/N-ethyl adjacent to an activating group) is 1. The molecule has 0 spiro atoms. The summed E-state index contributed by atoms with van der Waals surface area (Å²) in [5.41, 5.74) is 0.711. The van der Waals surface area contributed by atoms with Crippen molar-refractivity contribution in [3.05, 3.63) is 36.5 Å². The van der Waals surface area contributed by atoms with Gasteiger partial charge >= 0.3 is 0 Å². The lowest BCUT2D eigenvalue weighted by atomic mass is 10.3. The van der Waals surface area contributed by atoms with Crippen molar-refractivity contribution in [1.29, 1.82) is 0 Å². The van der Waals surface area contributed by atoms with Crippen LogP contribution in [0.15, 0.2) is 36.5 Å². The second-order valence-electron chi connectivity index (χ2n) is 2.12. The number of halogens is 1. The van der Waals surface area contributed by atoms with Crippen LogP contribution in [-0.2, 0) is 0 Å². The van der Waals surface area contributed by atoms with Crippen LogP contribution in [0.1, 0.15) is 6.92 Å². The molecule has 0 aromatic rings. The first-order chi connectivity index (χ1) is 4.74. The minimum atomic E-state index is -0.227. The summed E-state index contributed by atoms with van der Waals surface area (Å²) in [6, 6.07) is 0. The van der Waals surface area contributed by atoms with Gasteiger partial charge in [0.05, 0.1) is 0 Å². The Bertz CT molecular complexity index is 203. The Balaban J connectivity index is 2.74. The molecule has 2 heteroatoms. The smallest absolute Gasteiger partial charge is 0.126 e. The highest BCUT2D eigenvalue weighted by Crippen LogP contribution is 2.14. The molecule has 0 unspecified atom stereocenters. The van der Waals surface area contributed by atoms with Crippen LogP contribution >= 0.6 is 0 Å². The molecule has 1 aliphatic rings. The van der Waals surface area contributed by atoms with Crippen LogP contribution in [0.3, 0.4) is 0 Å². The highest BCUT2D eigenvalue weighted by atomic mass is 19.1. The molecule has 0 radical (unpaired) electrons. The standard InChI is InChI=1S/C8H10FN/c1-3-10-5-4-8(9)6-7(10)2/h4-6H,2-3H2,1H3. The Kier molecular flexibility index (Phi) is 1.90. The molecular formula is C8H10FN. The van der Waals surface area contributed by atoms with E-state index in [2.05, 4.69) is 6.58 Å². The van der Waals surface area contributed by atoms with Crippen LogP contribution in [0.25, 0.3) is 0 Å². The van der Waals surface area contributed by atoms with Crippen molar-refractivity contribution in [2.45, 2.75) is 6.92 Å². The summed E-state index contributed by atoms with van der Waals surface area (Å²) in [5.74, 6) is -0.227. The third kappa shape index (κ3) is 1.26. The molecule has 0 saturated heterocycles. The van der Waals surface area contributed by atoms with E-state index >= 15 is 0 Å². The number of allylic oxidation sites excluding steroid dienone is 3. The van der Waals surface area contributed by atoms with Gasteiger partial charge in [0.25, 0.3) is 0 Å². The molecule has 1 nitrogen and oxygen atoms in total. The Morgan fingerprint density at radius 2 is 2.40 bits per heavy atom. The van der Waals surface area contributed by atoms with E-state index in [0.29, 0.717) is 5.70 Å². The lowest BCUT2D eigenvalue weighted by molar-refractivity contribution is 0.492. The van der Waals surface area contributed by atoms with Gasteiger partial charge in [-0.15, -0.1) is 0 Å². The molecule has 1 aliphatic heterocycles. The SMILES string of the molecule is C=C1C=C(F)C=CN1CC. The van der Waals surface area contributed by atoms with E-state index in [0.717, 1.165) is 6.54 Å². The maximum Gasteiger partial charge on any atom is 0.126 e. The van der Waals surface area contributed by atoms with Crippen LogP contribution in [0.5, 0.6) is 0 Å². The summed E-state index contributed by atoms with van der Waals surface area (Å²) in [7, 11) is 0. The zero-order valence-electron chi connectivity index (χ0n) is 5.97. The molecule has 0 amide bonds. The Morgan fingerprint density at radius 3 is 2.90 bits per heavy atom. The summed E-state index contributed by atoms with van der Waals surface area (Å²) in [4.78, 5) is 1.88. The van der Waals surface area contributed by atoms with Crippen molar-refractivity contribution in [2.24, 2.45) is 0 Å². The number of hydrogen-bond donors (Lipinski definition) is 0. The second kappa shape index (κ2) is 2.69. The fraction of sp³-hybridized carbons (Fsp3) is 0.250. The lowest BCUT2D eigenvalue weighted by Crippen LogP contribution is -2.15. The highest BCUT2D eigenvalue weighted by Gasteiger charge is 2.04. The Morgan fingerprint density at radius 1 is 1.70 bits per heavy atom. The van der Waals surface area contributed by atoms with E-state index in [1.165, 1.54) is 12.2 Å². The van der Waals surface area contributed by atoms with Gasteiger partial charge < -0.3 is 4.90 Å². The molecule has 0 bridgehead atoms. The first kappa shape index (κ1) is 7.06. The Hall–Kier alpha value is -1.05. The average molecular weight is 139 g/mol. The molecule has 1 rings (SSSR count). The van der Waals surface area contributed by atoms with Gasteiger partial charge in [0, 0.05) is 18.4 Å². The van der Waals surface area contributed by atoms with Crippen LogP contribution in [0, 0.1) is 0 Å². The molecule has 0 fully saturated rings. The van der Waals surface area contributed by atoms with E-state index < -0.39 is 0 Å². The number of rotatable bonds is 1. The summed E-state index contributed by atoms with van der Waals surface area (Å²) < 4.78 is 12.4. The summed E-state index contributed by atoms with van der Waals surface area (Å²) in [6.07, 6.45) is 4.54. The lowest BCUT2D eigenvalue weighted by Gasteiger charge is -2.20. The van der Waals surface area contributed by atoms with Gasteiger partial charge in [-0.2, -0.15) is 0 Å². The second-order valence-corrected chi connectivity index (χ2v) is 2.12. The van der Waals surface area contributed by atoms with Gasteiger partial charge in [0.1, 0.15) is 5.83 Å². The van der Waals surface area contributed by atoms with Crippen molar-refractivity contribution >= 4 is 0 Å². The Labute approximate surface area is 60.1 Å². The van der Waals surface area contributed by atoms with Crippen LogP contribution in [-0.4, -0.2) is 11.4 Å². The topological polar surface area (TPSA) is 3.24 Å². The monoisotopic (exact) mass is 139 g/mol. The zero-order chi connectivity index (χ0) is 7.56. The highest BCUT2D eigenvalue weighted by molar-refractivity contribution is 5.29. The molecule has 10 heavy (non-hydrogen) atoms. The van der Waals surface area contributed by atoms with Gasteiger partial charge in [-0.25, -0.2) is 4.39 Å². The van der Waals surface area contributed by atoms with Gasteiger partial charge in [-0.05, 0) is 19.1 Å². The van der Waals surface area contributed by atoms with E-state index in [1.807, 2.05) is 11.8 Å². The van der Waals surface area contributed by atoms with Gasteiger partial charge in [-0.3, -0.25) is 0 Å². The largest absolute Gasteiger partial charge is 0.349 e. The molecular weight excluding hydrogens is 129 g/mol. The third-order valence-corrected chi connectivity index (χ3v) is 1.43. The van der Waals surface area contributed by atoms with E-state index in [4.69, 9.17) is 0 Å². The maximum absolute atomic E-state index is 12.4. The molecule has 0 aromatic carbocycles. The van der Waals surface area contributed by atoms with Crippen LogP contribution in [0.4, 0.5) is 4.39 Å².